The van der Waals surface area contributed by atoms with Crippen molar-refractivity contribution in [3.8, 4) is 0 Å². The Bertz CT molecular complexity index is 469. The zero-order chi connectivity index (χ0) is 14.6. The van der Waals surface area contributed by atoms with Gasteiger partial charge in [0.05, 0.1) is 12.0 Å². The fourth-order valence-electron chi connectivity index (χ4n) is 1.36. The third kappa shape index (κ3) is 4.61. The molecule has 1 aromatic carbocycles. The van der Waals surface area contributed by atoms with Crippen molar-refractivity contribution in [2.45, 2.75) is 25.6 Å². The summed E-state index contributed by atoms with van der Waals surface area (Å²) in [5.74, 6) is -1.16. The Morgan fingerprint density at radius 3 is 2.21 bits per heavy atom. The van der Waals surface area contributed by atoms with Gasteiger partial charge in [-0.3, -0.25) is 9.59 Å². The number of amides is 2. The van der Waals surface area contributed by atoms with Gasteiger partial charge < -0.3 is 11.1 Å². The lowest BCUT2D eigenvalue weighted by Gasteiger charge is -2.11. The molecule has 4 nitrogen and oxygen atoms in total. The Morgan fingerprint density at radius 1 is 1.26 bits per heavy atom. The summed E-state index contributed by atoms with van der Waals surface area (Å²) in [4.78, 5) is 22.2. The number of carbonyl (C=O) groups excluding carboxylic acids is 2. The van der Waals surface area contributed by atoms with Crippen molar-refractivity contribution in [3.63, 3.8) is 0 Å². The van der Waals surface area contributed by atoms with Gasteiger partial charge in [0.25, 0.3) is 0 Å². The van der Waals surface area contributed by atoms with E-state index in [0.717, 1.165) is 12.1 Å². The van der Waals surface area contributed by atoms with E-state index in [1.165, 1.54) is 19.1 Å². The van der Waals surface area contributed by atoms with Crippen LogP contribution >= 0.6 is 0 Å². The molecule has 3 N–H and O–H groups in total. The van der Waals surface area contributed by atoms with E-state index in [4.69, 9.17) is 5.73 Å². The van der Waals surface area contributed by atoms with Gasteiger partial charge in [-0.15, -0.1) is 0 Å². The summed E-state index contributed by atoms with van der Waals surface area (Å²) < 4.78 is 36.9. The number of nitrogens with one attached hydrogen (secondary N) is 1. The SMILES string of the molecule is C[C@H](NC(=O)Cc1ccc(C(F)(F)F)cc1)C(N)=O. The molecule has 0 bridgehead atoms. The maximum Gasteiger partial charge on any atom is 0.416 e. The molecule has 7 heteroatoms. The second-order valence-electron chi connectivity index (χ2n) is 4.06. The summed E-state index contributed by atoms with van der Waals surface area (Å²) in [6.07, 6.45) is -4.52. The van der Waals surface area contributed by atoms with E-state index in [1.807, 2.05) is 0 Å². The van der Waals surface area contributed by atoms with E-state index in [2.05, 4.69) is 5.32 Å². The number of hydrogen-bond donors (Lipinski definition) is 2. The molecule has 0 aliphatic heterocycles. The summed E-state index contributed by atoms with van der Waals surface area (Å²) in [5, 5.41) is 2.34. The predicted molar refractivity (Wildman–Crippen MR) is 61.9 cm³/mol. The van der Waals surface area contributed by atoms with Gasteiger partial charge in [0.1, 0.15) is 6.04 Å². The van der Waals surface area contributed by atoms with Gasteiger partial charge in [-0.1, -0.05) is 12.1 Å². The summed E-state index contributed by atoms with van der Waals surface area (Å²) in [6.45, 7) is 1.42. The quantitative estimate of drug-likeness (QED) is 0.867. The average molecular weight is 274 g/mol. The smallest absolute Gasteiger partial charge is 0.368 e. The zero-order valence-corrected chi connectivity index (χ0v) is 10.1. The largest absolute Gasteiger partial charge is 0.416 e. The molecule has 0 saturated carbocycles. The van der Waals surface area contributed by atoms with Gasteiger partial charge in [0.2, 0.25) is 11.8 Å². The van der Waals surface area contributed by atoms with Crippen LogP contribution in [0.3, 0.4) is 0 Å². The molecule has 0 unspecified atom stereocenters. The van der Waals surface area contributed by atoms with Crippen molar-refractivity contribution in [1.82, 2.24) is 5.32 Å². The van der Waals surface area contributed by atoms with E-state index in [-0.39, 0.29) is 6.42 Å². The second-order valence-corrected chi connectivity index (χ2v) is 4.06. The number of primary amides is 1. The predicted octanol–water partition coefficient (Wildman–Crippen LogP) is 1.24. The average Bonchev–Trinajstić information content (AvgIpc) is 2.28. The van der Waals surface area contributed by atoms with Crippen LogP contribution in [0.1, 0.15) is 18.1 Å². The van der Waals surface area contributed by atoms with E-state index >= 15 is 0 Å². The summed E-state index contributed by atoms with van der Waals surface area (Å²) in [6, 6.07) is 3.43. The van der Waals surface area contributed by atoms with Crippen molar-refractivity contribution in [3.05, 3.63) is 35.4 Å². The van der Waals surface area contributed by atoms with Crippen molar-refractivity contribution in [2.75, 3.05) is 0 Å². The van der Waals surface area contributed by atoms with Crippen LogP contribution in [0, 0.1) is 0 Å². The molecule has 0 aromatic heterocycles. The van der Waals surface area contributed by atoms with Crippen molar-refractivity contribution < 1.29 is 22.8 Å². The van der Waals surface area contributed by atoms with E-state index < -0.39 is 29.6 Å². The van der Waals surface area contributed by atoms with Gasteiger partial charge in [-0.2, -0.15) is 13.2 Å². The van der Waals surface area contributed by atoms with Gasteiger partial charge in [0.15, 0.2) is 0 Å². The van der Waals surface area contributed by atoms with Crippen molar-refractivity contribution >= 4 is 11.8 Å². The van der Waals surface area contributed by atoms with E-state index in [1.54, 1.807) is 0 Å². The first-order valence-corrected chi connectivity index (χ1v) is 5.45. The minimum absolute atomic E-state index is 0.115. The molecule has 0 aliphatic carbocycles. The highest BCUT2D eigenvalue weighted by atomic mass is 19.4. The van der Waals surface area contributed by atoms with Crippen LogP contribution in [0.4, 0.5) is 13.2 Å². The molecule has 0 saturated heterocycles. The highest BCUT2D eigenvalue weighted by Crippen LogP contribution is 2.29. The zero-order valence-electron chi connectivity index (χ0n) is 10.1. The fourth-order valence-corrected chi connectivity index (χ4v) is 1.36. The summed E-state index contributed by atoms with van der Waals surface area (Å²) >= 11 is 0. The molecular weight excluding hydrogens is 261 g/mol. The van der Waals surface area contributed by atoms with Crippen LogP contribution in [0.2, 0.25) is 0 Å². The summed E-state index contributed by atoms with van der Waals surface area (Å²) in [7, 11) is 0. The molecule has 1 aromatic rings. The maximum absolute atomic E-state index is 12.3. The standard InChI is InChI=1S/C12H13F3N2O2/c1-7(11(16)19)17-10(18)6-8-2-4-9(5-3-8)12(13,14)15/h2-5,7H,6H2,1H3,(H2,16,19)(H,17,18)/t7-/m0/s1. The van der Waals surface area contributed by atoms with Crippen LogP contribution in [-0.2, 0) is 22.2 Å². The molecule has 0 heterocycles. The Kier molecular flexibility index (Phi) is 4.52. The number of nitrogens with two attached hydrogens (primary N) is 1. The molecule has 0 fully saturated rings. The first-order chi connectivity index (χ1) is 8.70. The van der Waals surface area contributed by atoms with Gasteiger partial charge >= 0.3 is 6.18 Å². The van der Waals surface area contributed by atoms with Crippen LogP contribution in [0.25, 0.3) is 0 Å². The monoisotopic (exact) mass is 274 g/mol. The number of halogens is 3. The molecule has 2 amide bonds. The van der Waals surface area contributed by atoms with Crippen molar-refractivity contribution in [2.24, 2.45) is 5.73 Å². The van der Waals surface area contributed by atoms with Gasteiger partial charge in [0, 0.05) is 0 Å². The van der Waals surface area contributed by atoms with Crippen LogP contribution in [-0.4, -0.2) is 17.9 Å². The van der Waals surface area contributed by atoms with E-state index in [9.17, 15) is 22.8 Å². The van der Waals surface area contributed by atoms with Crippen LogP contribution in [0.15, 0.2) is 24.3 Å². The number of carbonyl (C=O) groups is 2. The Labute approximate surface area is 107 Å². The highest BCUT2D eigenvalue weighted by molar-refractivity contribution is 5.87. The first kappa shape index (κ1) is 15.0. The number of alkyl halides is 3. The molecule has 104 valence electrons. The van der Waals surface area contributed by atoms with E-state index in [0.29, 0.717) is 5.56 Å². The van der Waals surface area contributed by atoms with Crippen LogP contribution < -0.4 is 11.1 Å². The molecule has 1 atom stereocenters. The number of rotatable bonds is 4. The molecular formula is C12H13F3N2O2. The number of hydrogen-bond acceptors (Lipinski definition) is 2. The first-order valence-electron chi connectivity index (χ1n) is 5.45. The third-order valence-corrected chi connectivity index (χ3v) is 2.45. The molecule has 0 radical (unpaired) electrons. The van der Waals surface area contributed by atoms with Crippen LogP contribution in [0.5, 0.6) is 0 Å². The topological polar surface area (TPSA) is 72.2 Å². The lowest BCUT2D eigenvalue weighted by atomic mass is 10.1. The lowest BCUT2D eigenvalue weighted by Crippen LogP contribution is -2.42. The van der Waals surface area contributed by atoms with Gasteiger partial charge in [-0.25, -0.2) is 0 Å². The molecule has 0 spiro atoms. The maximum atomic E-state index is 12.3. The molecule has 1 rings (SSSR count). The third-order valence-electron chi connectivity index (χ3n) is 2.45. The van der Waals surface area contributed by atoms with Crippen molar-refractivity contribution in [1.29, 1.82) is 0 Å². The lowest BCUT2D eigenvalue weighted by molar-refractivity contribution is -0.137. The minimum Gasteiger partial charge on any atom is -0.368 e. The fraction of sp³-hybridized carbons (Fsp3) is 0.333. The summed E-state index contributed by atoms with van der Waals surface area (Å²) in [5.41, 5.74) is 4.61. The molecule has 0 aliphatic rings. The highest BCUT2D eigenvalue weighted by Gasteiger charge is 2.29. The number of benzene rings is 1. The Hall–Kier alpha value is -2.05. The second kappa shape index (κ2) is 5.73. The van der Waals surface area contributed by atoms with Gasteiger partial charge in [-0.05, 0) is 24.6 Å². The Balaban J connectivity index is 2.63. The molecule has 19 heavy (non-hydrogen) atoms. The minimum atomic E-state index is -4.40. The normalized spacial score (nSPS) is 12.8. The Morgan fingerprint density at radius 2 is 1.79 bits per heavy atom.